The molecule has 10 heteroatoms. The quantitative estimate of drug-likeness (QED) is 0.217. The molecule has 0 aromatic heterocycles. The van der Waals surface area contributed by atoms with Crippen LogP contribution < -0.4 is 10.1 Å². The summed E-state index contributed by atoms with van der Waals surface area (Å²) in [5, 5.41) is 12.0. The maximum atomic E-state index is 11.8. The van der Waals surface area contributed by atoms with Crippen molar-refractivity contribution in [2.24, 2.45) is 0 Å². The fourth-order valence-corrected chi connectivity index (χ4v) is 5.27. The lowest BCUT2D eigenvalue weighted by atomic mass is 10.0. The van der Waals surface area contributed by atoms with Gasteiger partial charge in [-0.2, -0.15) is 0 Å². The number of methoxy groups -OCH3 is 1. The highest BCUT2D eigenvalue weighted by Gasteiger charge is 2.33. The number of ether oxygens (including phenoxy) is 3. The van der Waals surface area contributed by atoms with Crippen LogP contribution in [0.5, 0.6) is 5.75 Å². The van der Waals surface area contributed by atoms with Crippen molar-refractivity contribution in [2.45, 2.75) is 46.8 Å². The molecule has 1 saturated heterocycles. The number of benzene rings is 3. The normalized spacial score (nSPS) is 19.7. The molecule has 0 unspecified atom stereocenters. The van der Waals surface area contributed by atoms with Crippen LogP contribution in [0.3, 0.4) is 0 Å². The molecule has 3 aromatic carbocycles. The van der Waals surface area contributed by atoms with E-state index in [1.165, 1.54) is 0 Å². The minimum Gasteiger partial charge on any atom is -0.496 e. The number of aliphatic hydroxyl groups excluding tert-OH is 1. The van der Waals surface area contributed by atoms with Crippen LogP contribution >= 0.6 is 46.6 Å². The first kappa shape index (κ1) is 29.0. The van der Waals surface area contributed by atoms with Crippen molar-refractivity contribution >= 4 is 52.5 Å². The molecule has 1 aliphatic rings. The Morgan fingerprint density at radius 2 is 1.66 bits per heavy atom. The minimum atomic E-state index is -2.01. The first-order valence-corrected chi connectivity index (χ1v) is 14.1. The van der Waals surface area contributed by atoms with Crippen LogP contribution in [0.25, 0.3) is 0 Å². The molecular formula is C28H28Cl3NO5S. The summed E-state index contributed by atoms with van der Waals surface area (Å²) in [5.74, 6) is 0.859. The Labute approximate surface area is 241 Å². The Balaban J connectivity index is 1.49. The van der Waals surface area contributed by atoms with E-state index in [0.29, 0.717) is 12.2 Å². The van der Waals surface area contributed by atoms with Gasteiger partial charge in [-0.3, -0.25) is 4.79 Å². The van der Waals surface area contributed by atoms with Crippen LogP contribution in [-0.4, -0.2) is 33.8 Å². The first-order chi connectivity index (χ1) is 18.3. The molecule has 2 N–H and O–H groups in total. The van der Waals surface area contributed by atoms with Gasteiger partial charge in [0, 0.05) is 29.2 Å². The highest BCUT2D eigenvalue weighted by molar-refractivity contribution is 7.99. The van der Waals surface area contributed by atoms with Crippen molar-refractivity contribution in [3.8, 4) is 5.75 Å². The van der Waals surface area contributed by atoms with Gasteiger partial charge in [-0.1, -0.05) is 95.5 Å². The number of nitrogens with one attached hydrogen (secondary N) is 1. The molecular weight excluding hydrogens is 569 g/mol. The van der Waals surface area contributed by atoms with E-state index in [4.69, 9.17) is 49.0 Å². The highest BCUT2D eigenvalue weighted by Crippen LogP contribution is 2.40. The van der Waals surface area contributed by atoms with E-state index in [0.717, 1.165) is 32.9 Å². The minimum absolute atomic E-state index is 0.00974. The van der Waals surface area contributed by atoms with Crippen LogP contribution in [-0.2, 0) is 27.4 Å². The number of amides is 1. The molecule has 1 heterocycles. The molecule has 38 heavy (non-hydrogen) atoms. The van der Waals surface area contributed by atoms with Crippen molar-refractivity contribution in [1.82, 2.24) is 5.32 Å². The van der Waals surface area contributed by atoms with Crippen molar-refractivity contribution in [1.29, 1.82) is 0 Å². The summed E-state index contributed by atoms with van der Waals surface area (Å²) >= 11 is 18.5. The number of hydrogen-bond acceptors (Lipinski definition) is 6. The summed E-state index contributed by atoms with van der Waals surface area (Å²) in [4.78, 5) is 12.9. The molecule has 1 aliphatic heterocycles. The van der Waals surface area contributed by atoms with Gasteiger partial charge in [-0.15, -0.1) is 11.8 Å². The monoisotopic (exact) mass is 595 g/mol. The molecule has 0 aliphatic carbocycles. The molecule has 0 bridgehead atoms. The van der Waals surface area contributed by atoms with E-state index >= 15 is 0 Å². The van der Waals surface area contributed by atoms with Crippen molar-refractivity contribution < 1.29 is 24.1 Å². The van der Waals surface area contributed by atoms with Crippen LogP contribution in [0, 0.1) is 0 Å². The van der Waals surface area contributed by atoms with Crippen LogP contribution in [0.15, 0.2) is 77.7 Å². The van der Waals surface area contributed by atoms with Gasteiger partial charge < -0.3 is 24.6 Å². The highest BCUT2D eigenvalue weighted by atomic mass is 35.6. The number of aliphatic hydroxyl groups is 1. The van der Waals surface area contributed by atoms with E-state index in [1.54, 1.807) is 18.9 Å². The number of hydrogen-bond donors (Lipinski definition) is 2. The van der Waals surface area contributed by atoms with Crippen LogP contribution in [0.2, 0.25) is 0 Å². The maximum absolute atomic E-state index is 11.8. The van der Waals surface area contributed by atoms with E-state index in [-0.39, 0.29) is 25.4 Å². The topological polar surface area (TPSA) is 77.0 Å². The average molecular weight is 597 g/mol. The number of carbonyl (C=O) groups is 1. The molecule has 3 aromatic rings. The lowest BCUT2D eigenvalue weighted by molar-refractivity contribution is -0.245. The molecule has 202 valence electrons. The Bertz CT molecular complexity index is 1200. The SMILES string of the molecule is COc1ccccc1SC[C@@H]1C[C@H](c2ccc(CO)cc2)O[C@H](c2ccc(CNC(=O)C(Cl)(Cl)Cl)cc2)O1. The second-order valence-corrected chi connectivity index (χ2v) is 12.1. The van der Waals surface area contributed by atoms with Crippen molar-refractivity contribution in [3.05, 3.63) is 95.1 Å². The Kier molecular flexibility index (Phi) is 10.2. The Morgan fingerprint density at radius 3 is 2.32 bits per heavy atom. The zero-order valence-corrected chi connectivity index (χ0v) is 23.7. The smallest absolute Gasteiger partial charge is 0.272 e. The van der Waals surface area contributed by atoms with Crippen LogP contribution in [0.4, 0.5) is 0 Å². The fraction of sp³-hybridized carbons (Fsp3) is 0.321. The molecule has 4 rings (SSSR count). The molecule has 0 spiro atoms. The van der Waals surface area contributed by atoms with Gasteiger partial charge >= 0.3 is 0 Å². The van der Waals surface area contributed by atoms with Crippen LogP contribution in [0.1, 0.15) is 41.1 Å². The molecule has 0 radical (unpaired) electrons. The predicted octanol–water partition coefficient (Wildman–Crippen LogP) is 6.51. The van der Waals surface area contributed by atoms with Crippen molar-refractivity contribution in [3.63, 3.8) is 0 Å². The largest absolute Gasteiger partial charge is 0.496 e. The summed E-state index contributed by atoms with van der Waals surface area (Å²) in [6, 6.07) is 23.3. The number of alkyl halides is 3. The van der Waals surface area contributed by atoms with E-state index < -0.39 is 16.0 Å². The lowest BCUT2D eigenvalue weighted by Crippen LogP contribution is -2.34. The van der Waals surface area contributed by atoms with Gasteiger partial charge in [0.25, 0.3) is 9.70 Å². The first-order valence-electron chi connectivity index (χ1n) is 12.0. The standard InChI is InChI=1S/C28H28Cl3NO5S/c1-35-23-4-2-3-5-25(23)38-17-22-14-24(20-10-8-19(16-33)9-11-20)37-26(36-22)21-12-6-18(7-13-21)15-32-27(34)28(29,30)31/h2-13,22,24,26,33H,14-17H2,1H3,(H,32,34)/t22-,24+,26+/m0/s1. The van der Waals surface area contributed by atoms with Gasteiger partial charge in [0.1, 0.15) is 5.75 Å². The number of halogens is 3. The van der Waals surface area contributed by atoms with E-state index in [9.17, 15) is 9.90 Å². The molecule has 3 atom stereocenters. The average Bonchev–Trinajstić information content (AvgIpc) is 2.94. The Hall–Kier alpha value is -1.97. The Morgan fingerprint density at radius 1 is 1.00 bits per heavy atom. The zero-order valence-electron chi connectivity index (χ0n) is 20.6. The summed E-state index contributed by atoms with van der Waals surface area (Å²) < 4.78 is 16.3. The second kappa shape index (κ2) is 13.4. The summed E-state index contributed by atoms with van der Waals surface area (Å²) in [7, 11) is 1.67. The van der Waals surface area contributed by atoms with E-state index in [2.05, 4.69) is 5.32 Å². The number of rotatable bonds is 9. The number of para-hydroxylation sites is 1. The third kappa shape index (κ3) is 7.79. The summed E-state index contributed by atoms with van der Waals surface area (Å²) in [5.41, 5.74) is 3.56. The van der Waals surface area contributed by atoms with Gasteiger partial charge in [0.2, 0.25) is 0 Å². The molecule has 1 fully saturated rings. The molecule has 0 saturated carbocycles. The van der Waals surface area contributed by atoms with Gasteiger partial charge in [-0.25, -0.2) is 0 Å². The number of thioether (sulfide) groups is 1. The maximum Gasteiger partial charge on any atom is 0.272 e. The summed E-state index contributed by atoms with van der Waals surface area (Å²) in [6.45, 7) is 0.210. The third-order valence-electron chi connectivity index (χ3n) is 6.07. The second-order valence-electron chi connectivity index (χ2n) is 8.73. The summed E-state index contributed by atoms with van der Waals surface area (Å²) in [6.07, 6.45) is -0.181. The van der Waals surface area contributed by atoms with Gasteiger partial charge in [0.15, 0.2) is 6.29 Å². The molecule has 6 nitrogen and oxygen atoms in total. The van der Waals surface area contributed by atoms with E-state index in [1.807, 2.05) is 72.8 Å². The fourth-order valence-electron chi connectivity index (χ4n) is 4.02. The lowest BCUT2D eigenvalue weighted by Gasteiger charge is -2.36. The number of carbonyl (C=O) groups excluding carboxylic acids is 1. The van der Waals surface area contributed by atoms with Gasteiger partial charge in [0.05, 0.1) is 25.9 Å². The zero-order chi connectivity index (χ0) is 27.1. The predicted molar refractivity (Wildman–Crippen MR) is 151 cm³/mol. The van der Waals surface area contributed by atoms with Gasteiger partial charge in [-0.05, 0) is 28.8 Å². The molecule has 1 amide bonds. The third-order valence-corrected chi connectivity index (χ3v) is 7.77. The van der Waals surface area contributed by atoms with Crippen molar-refractivity contribution in [2.75, 3.05) is 12.9 Å².